The van der Waals surface area contributed by atoms with E-state index in [2.05, 4.69) is 19.8 Å². The van der Waals surface area contributed by atoms with Crippen LogP contribution in [0.1, 0.15) is 21.0 Å². The minimum atomic E-state index is -0.813. The number of ether oxygens (including phenoxy) is 2. The van der Waals surface area contributed by atoms with Crippen LogP contribution in [0.25, 0.3) is 5.69 Å². The summed E-state index contributed by atoms with van der Waals surface area (Å²) in [5, 5.41) is 18.3. The van der Waals surface area contributed by atoms with E-state index in [4.69, 9.17) is 0 Å². The van der Waals surface area contributed by atoms with Crippen LogP contribution in [0.2, 0.25) is 0 Å². The lowest BCUT2D eigenvalue weighted by Gasteiger charge is -2.05. The number of aromatic nitrogens is 4. The number of esters is 2. The lowest BCUT2D eigenvalue weighted by atomic mass is 10.3. The molecule has 2 aromatic rings. The Bertz CT molecular complexity index is 649. The summed E-state index contributed by atoms with van der Waals surface area (Å²) in [6.45, 7) is 0. The molecule has 0 fully saturated rings. The number of carbonyl (C=O) groups is 2. The van der Waals surface area contributed by atoms with Gasteiger partial charge in [0.15, 0.2) is 18.1 Å². The molecule has 0 aliphatic carbocycles. The highest BCUT2D eigenvalue weighted by atomic mass is 16.5. The first-order chi connectivity index (χ1) is 9.58. The quantitative estimate of drug-likeness (QED) is 0.421. The van der Waals surface area contributed by atoms with Gasteiger partial charge in [-0.15, -0.1) is 5.10 Å². The van der Waals surface area contributed by atoms with Gasteiger partial charge in [0.05, 0.1) is 19.9 Å². The summed E-state index contributed by atoms with van der Waals surface area (Å²) in [6, 6.07) is 2.82. The van der Waals surface area contributed by atoms with E-state index in [9.17, 15) is 14.8 Å². The zero-order valence-electron chi connectivity index (χ0n) is 10.6. The lowest BCUT2D eigenvalue weighted by molar-refractivity contribution is -0.605. The lowest BCUT2D eigenvalue weighted by Crippen LogP contribution is -2.24. The Morgan fingerprint density at radius 2 is 1.80 bits per heavy atom. The molecule has 0 aliphatic heterocycles. The summed E-state index contributed by atoms with van der Waals surface area (Å²) < 4.78 is 10.8. The fraction of sp³-hybridized carbons (Fsp3) is 0.182. The number of rotatable bonds is 3. The second kappa shape index (κ2) is 5.34. The van der Waals surface area contributed by atoms with Crippen molar-refractivity contribution in [3.05, 3.63) is 41.1 Å². The molecule has 0 bridgehead atoms. The van der Waals surface area contributed by atoms with E-state index in [1.165, 1.54) is 24.5 Å². The minimum absolute atomic E-state index is 0.178. The van der Waals surface area contributed by atoms with Crippen LogP contribution in [0.15, 0.2) is 24.5 Å². The van der Waals surface area contributed by atoms with Crippen molar-refractivity contribution in [2.24, 2.45) is 0 Å². The van der Waals surface area contributed by atoms with E-state index in [1.54, 1.807) is 0 Å². The number of carbonyl (C=O) groups excluding carboxylic acids is 2. The van der Waals surface area contributed by atoms with Gasteiger partial charge >= 0.3 is 11.9 Å². The molecule has 104 valence electrons. The van der Waals surface area contributed by atoms with Crippen LogP contribution in [0.5, 0.6) is 0 Å². The summed E-state index contributed by atoms with van der Waals surface area (Å²) >= 11 is 0. The molecule has 20 heavy (non-hydrogen) atoms. The average molecular weight is 278 g/mol. The molecule has 0 saturated heterocycles. The molecule has 0 aromatic carbocycles. The van der Waals surface area contributed by atoms with Crippen LogP contribution in [0.3, 0.4) is 0 Å². The first-order valence-electron chi connectivity index (χ1n) is 5.40. The first kappa shape index (κ1) is 13.5. The van der Waals surface area contributed by atoms with Crippen molar-refractivity contribution in [1.29, 1.82) is 0 Å². The Morgan fingerprint density at radius 1 is 1.20 bits per heavy atom. The van der Waals surface area contributed by atoms with Gasteiger partial charge in [-0.25, -0.2) is 14.3 Å². The fourth-order valence-corrected chi connectivity index (χ4v) is 1.52. The minimum Gasteiger partial charge on any atom is -0.619 e. The summed E-state index contributed by atoms with van der Waals surface area (Å²) in [5.41, 5.74) is -0.0682. The van der Waals surface area contributed by atoms with Gasteiger partial charge in [-0.2, -0.15) is 4.73 Å². The number of pyridine rings is 1. The number of hydrogen-bond acceptors (Lipinski definition) is 7. The Balaban J connectivity index is 2.59. The molecule has 0 atom stereocenters. The molecule has 0 unspecified atom stereocenters. The van der Waals surface area contributed by atoms with Crippen molar-refractivity contribution < 1.29 is 23.8 Å². The zero-order chi connectivity index (χ0) is 14.7. The van der Waals surface area contributed by atoms with Crippen molar-refractivity contribution in [3.8, 4) is 5.69 Å². The molecule has 0 radical (unpaired) electrons. The number of hydrogen-bond donors (Lipinski definition) is 0. The van der Waals surface area contributed by atoms with Gasteiger partial charge in [-0.1, -0.05) is 5.21 Å². The van der Waals surface area contributed by atoms with Gasteiger partial charge in [-0.05, 0) is 0 Å². The molecule has 0 N–H and O–H groups in total. The van der Waals surface area contributed by atoms with Crippen LogP contribution in [-0.2, 0) is 9.47 Å². The average Bonchev–Trinajstić information content (AvgIpc) is 2.91. The molecule has 9 nitrogen and oxygen atoms in total. The highest BCUT2D eigenvalue weighted by Gasteiger charge is 2.27. The zero-order valence-corrected chi connectivity index (χ0v) is 10.6. The summed E-state index contributed by atoms with van der Waals surface area (Å²) in [4.78, 5) is 23.3. The molecule has 0 aliphatic rings. The molecule has 2 heterocycles. The summed E-state index contributed by atoms with van der Waals surface area (Å²) in [6.07, 6.45) is 2.44. The van der Waals surface area contributed by atoms with Crippen LogP contribution >= 0.6 is 0 Å². The highest BCUT2D eigenvalue weighted by molar-refractivity contribution is 6.00. The standard InChI is InChI=1S/C11H10N4O5/c1-19-10(16)8-9(11(17)20-2)15(13-12-8)7-3-5-14(18)6-4-7/h3-6H,1-2H3. The second-order valence-corrected chi connectivity index (χ2v) is 3.60. The topological polar surface area (TPSA) is 110 Å². The molecule has 9 heteroatoms. The van der Waals surface area contributed by atoms with Crippen molar-refractivity contribution in [1.82, 2.24) is 15.0 Å². The second-order valence-electron chi connectivity index (χ2n) is 3.60. The van der Waals surface area contributed by atoms with Crippen molar-refractivity contribution in [2.75, 3.05) is 14.2 Å². The third kappa shape index (κ3) is 2.28. The first-order valence-corrected chi connectivity index (χ1v) is 5.40. The normalized spacial score (nSPS) is 10.1. The third-order valence-corrected chi connectivity index (χ3v) is 2.46. The van der Waals surface area contributed by atoms with Crippen LogP contribution < -0.4 is 4.73 Å². The summed E-state index contributed by atoms with van der Waals surface area (Å²) in [5.74, 6) is -1.61. The van der Waals surface area contributed by atoms with Gasteiger partial charge in [-0.3, -0.25) is 0 Å². The van der Waals surface area contributed by atoms with E-state index < -0.39 is 11.9 Å². The van der Waals surface area contributed by atoms with Crippen LogP contribution in [0.4, 0.5) is 0 Å². The molecular weight excluding hydrogens is 268 g/mol. The van der Waals surface area contributed by atoms with Gasteiger partial charge in [0.1, 0.15) is 0 Å². The Hall–Kier alpha value is -2.97. The Kier molecular flexibility index (Phi) is 3.60. The third-order valence-electron chi connectivity index (χ3n) is 2.46. The van der Waals surface area contributed by atoms with Crippen LogP contribution in [-0.4, -0.2) is 41.2 Å². The SMILES string of the molecule is COC(=O)c1nnn(-c2cc[n+]([O-])cc2)c1C(=O)OC. The van der Waals surface area contributed by atoms with Crippen molar-refractivity contribution >= 4 is 11.9 Å². The number of methoxy groups -OCH3 is 2. The van der Waals surface area contributed by atoms with Gasteiger partial charge in [0, 0.05) is 12.1 Å². The van der Waals surface area contributed by atoms with E-state index in [0.717, 1.165) is 18.9 Å². The maximum absolute atomic E-state index is 11.8. The van der Waals surface area contributed by atoms with Gasteiger partial charge in [0.2, 0.25) is 5.69 Å². The highest BCUT2D eigenvalue weighted by Crippen LogP contribution is 2.14. The predicted molar refractivity (Wildman–Crippen MR) is 63.0 cm³/mol. The van der Waals surface area contributed by atoms with Gasteiger partial charge in [0.25, 0.3) is 0 Å². The molecular formula is C11H10N4O5. The van der Waals surface area contributed by atoms with E-state index in [1.807, 2.05) is 0 Å². The molecule has 2 aromatic heterocycles. The Labute approximate surface area is 112 Å². The fourth-order valence-electron chi connectivity index (χ4n) is 1.52. The maximum Gasteiger partial charge on any atom is 0.361 e. The predicted octanol–water partition coefficient (Wildman–Crippen LogP) is -0.526. The number of nitrogens with zero attached hydrogens (tertiary/aromatic N) is 4. The van der Waals surface area contributed by atoms with Crippen molar-refractivity contribution in [3.63, 3.8) is 0 Å². The van der Waals surface area contributed by atoms with Crippen LogP contribution in [0, 0.1) is 5.21 Å². The smallest absolute Gasteiger partial charge is 0.361 e. The van der Waals surface area contributed by atoms with Gasteiger partial charge < -0.3 is 14.7 Å². The summed E-state index contributed by atoms with van der Waals surface area (Å²) in [7, 11) is 2.32. The molecule has 0 spiro atoms. The Morgan fingerprint density at radius 3 is 2.35 bits per heavy atom. The van der Waals surface area contributed by atoms with E-state index >= 15 is 0 Å². The molecule has 0 amide bonds. The molecule has 2 rings (SSSR count). The van der Waals surface area contributed by atoms with E-state index in [0.29, 0.717) is 10.4 Å². The molecule has 0 saturated carbocycles. The largest absolute Gasteiger partial charge is 0.619 e. The van der Waals surface area contributed by atoms with Crippen molar-refractivity contribution in [2.45, 2.75) is 0 Å². The maximum atomic E-state index is 11.8. The van der Waals surface area contributed by atoms with E-state index in [-0.39, 0.29) is 11.4 Å². The monoisotopic (exact) mass is 278 g/mol.